The lowest BCUT2D eigenvalue weighted by atomic mass is 10.1. The molecule has 0 unspecified atom stereocenters. The maximum absolute atomic E-state index is 11.6. The van der Waals surface area contributed by atoms with Gasteiger partial charge in [-0.2, -0.15) is 0 Å². The van der Waals surface area contributed by atoms with E-state index in [4.69, 9.17) is 5.11 Å². The van der Waals surface area contributed by atoms with E-state index in [1.165, 1.54) is 4.90 Å². The van der Waals surface area contributed by atoms with Gasteiger partial charge in [0.15, 0.2) is 0 Å². The highest BCUT2D eigenvalue weighted by molar-refractivity contribution is 9.10. The van der Waals surface area contributed by atoms with E-state index >= 15 is 0 Å². The first kappa shape index (κ1) is 12.2. The smallest absolute Gasteiger partial charge is 0.226 e. The van der Waals surface area contributed by atoms with Crippen LogP contribution in [0.25, 0.3) is 0 Å². The Hall–Kier alpha value is -0.870. The van der Waals surface area contributed by atoms with Crippen LogP contribution in [0.1, 0.15) is 5.56 Å². The summed E-state index contributed by atoms with van der Waals surface area (Å²) in [4.78, 5) is 13.1. The van der Waals surface area contributed by atoms with Crippen molar-refractivity contribution in [3.8, 4) is 0 Å². The fourth-order valence-electron chi connectivity index (χ4n) is 1.19. The van der Waals surface area contributed by atoms with Crippen molar-refractivity contribution in [2.75, 3.05) is 20.2 Å². The summed E-state index contributed by atoms with van der Waals surface area (Å²) in [6.45, 7) is 0.387. The first-order valence-electron chi connectivity index (χ1n) is 4.72. The normalized spacial score (nSPS) is 10.1. The standard InChI is InChI=1S/C11H14BrNO2/c1-13(6-7-14)11(15)8-9-2-4-10(12)5-3-9/h2-5,14H,6-8H2,1H3. The molecular weight excluding hydrogens is 258 g/mol. The van der Waals surface area contributed by atoms with Gasteiger partial charge in [0.2, 0.25) is 5.91 Å². The minimum atomic E-state index is 0.00256. The Bertz CT molecular complexity index is 324. The summed E-state index contributed by atoms with van der Waals surface area (Å²) in [6.07, 6.45) is 0.379. The molecule has 0 bridgehead atoms. The maximum atomic E-state index is 11.6. The van der Waals surface area contributed by atoms with Crippen LogP contribution in [0.4, 0.5) is 0 Å². The highest BCUT2D eigenvalue weighted by atomic mass is 79.9. The molecule has 1 amide bonds. The summed E-state index contributed by atoms with van der Waals surface area (Å²) in [5.41, 5.74) is 0.980. The number of carbonyl (C=O) groups is 1. The Morgan fingerprint density at radius 2 is 2.00 bits per heavy atom. The average molecular weight is 272 g/mol. The molecule has 3 nitrogen and oxygen atoms in total. The molecule has 4 heteroatoms. The number of aliphatic hydroxyl groups excluding tert-OH is 1. The summed E-state index contributed by atoms with van der Waals surface area (Å²) in [6, 6.07) is 7.65. The minimum absolute atomic E-state index is 0.00256. The molecule has 0 aliphatic carbocycles. The van der Waals surface area contributed by atoms with Gasteiger partial charge in [-0.3, -0.25) is 4.79 Å². The highest BCUT2D eigenvalue weighted by Crippen LogP contribution is 2.11. The topological polar surface area (TPSA) is 40.5 Å². The van der Waals surface area contributed by atoms with Crippen molar-refractivity contribution >= 4 is 21.8 Å². The van der Waals surface area contributed by atoms with E-state index in [9.17, 15) is 4.79 Å². The van der Waals surface area contributed by atoms with Crippen LogP contribution in [0.2, 0.25) is 0 Å². The molecule has 0 spiro atoms. The number of benzene rings is 1. The van der Waals surface area contributed by atoms with E-state index in [0.29, 0.717) is 13.0 Å². The Labute approximate surface area is 97.8 Å². The predicted molar refractivity (Wildman–Crippen MR) is 62.6 cm³/mol. The van der Waals surface area contributed by atoms with Crippen LogP contribution in [0.15, 0.2) is 28.7 Å². The summed E-state index contributed by atoms with van der Waals surface area (Å²) < 4.78 is 1.00. The zero-order chi connectivity index (χ0) is 11.3. The number of hydrogen-bond acceptors (Lipinski definition) is 2. The summed E-state index contributed by atoms with van der Waals surface area (Å²) >= 11 is 3.34. The number of likely N-dealkylation sites (N-methyl/N-ethyl adjacent to an activating group) is 1. The van der Waals surface area contributed by atoms with E-state index in [1.807, 2.05) is 24.3 Å². The molecule has 0 heterocycles. The number of halogens is 1. The molecule has 0 saturated carbocycles. The number of rotatable bonds is 4. The highest BCUT2D eigenvalue weighted by Gasteiger charge is 2.08. The third-order valence-corrected chi connectivity index (χ3v) is 2.66. The van der Waals surface area contributed by atoms with Gasteiger partial charge in [-0.25, -0.2) is 0 Å². The molecule has 0 radical (unpaired) electrons. The molecule has 15 heavy (non-hydrogen) atoms. The first-order chi connectivity index (χ1) is 7.13. The van der Waals surface area contributed by atoms with Gasteiger partial charge in [0, 0.05) is 18.1 Å². The van der Waals surface area contributed by atoms with Crippen LogP contribution in [0.3, 0.4) is 0 Å². The number of hydrogen-bond donors (Lipinski definition) is 1. The van der Waals surface area contributed by atoms with Gasteiger partial charge in [-0.15, -0.1) is 0 Å². The second-order valence-electron chi connectivity index (χ2n) is 3.34. The average Bonchev–Trinajstić information content (AvgIpc) is 2.22. The van der Waals surface area contributed by atoms with Gasteiger partial charge in [0.05, 0.1) is 13.0 Å². The number of aliphatic hydroxyl groups is 1. The Morgan fingerprint density at radius 3 is 2.53 bits per heavy atom. The number of carbonyl (C=O) groups excluding carboxylic acids is 1. The molecule has 1 aromatic rings. The zero-order valence-electron chi connectivity index (χ0n) is 8.61. The second-order valence-corrected chi connectivity index (χ2v) is 4.26. The molecule has 0 fully saturated rings. The summed E-state index contributed by atoms with van der Waals surface area (Å²) in [7, 11) is 1.69. The van der Waals surface area contributed by atoms with Crippen molar-refractivity contribution < 1.29 is 9.90 Å². The van der Waals surface area contributed by atoms with Crippen LogP contribution in [0.5, 0.6) is 0 Å². The molecule has 0 aromatic heterocycles. The SMILES string of the molecule is CN(CCO)C(=O)Cc1ccc(Br)cc1. The van der Waals surface area contributed by atoms with Gasteiger partial charge in [0.1, 0.15) is 0 Å². The Kier molecular flexibility index (Phi) is 4.78. The summed E-state index contributed by atoms with van der Waals surface area (Å²) in [5, 5.41) is 8.69. The van der Waals surface area contributed by atoms with Crippen molar-refractivity contribution in [1.82, 2.24) is 4.90 Å². The van der Waals surface area contributed by atoms with Crippen LogP contribution in [-0.4, -0.2) is 36.1 Å². The van der Waals surface area contributed by atoms with Crippen molar-refractivity contribution in [3.63, 3.8) is 0 Å². The van der Waals surface area contributed by atoms with Crippen LogP contribution < -0.4 is 0 Å². The van der Waals surface area contributed by atoms with E-state index in [2.05, 4.69) is 15.9 Å². The van der Waals surface area contributed by atoms with Crippen molar-refractivity contribution in [3.05, 3.63) is 34.3 Å². The van der Waals surface area contributed by atoms with E-state index < -0.39 is 0 Å². The van der Waals surface area contributed by atoms with E-state index in [1.54, 1.807) is 7.05 Å². The van der Waals surface area contributed by atoms with Crippen LogP contribution in [-0.2, 0) is 11.2 Å². The monoisotopic (exact) mass is 271 g/mol. The molecule has 0 saturated heterocycles. The Balaban J connectivity index is 2.54. The van der Waals surface area contributed by atoms with Crippen LogP contribution >= 0.6 is 15.9 Å². The predicted octanol–water partition coefficient (Wildman–Crippen LogP) is 1.44. The molecule has 0 atom stereocenters. The third-order valence-electron chi connectivity index (χ3n) is 2.13. The van der Waals surface area contributed by atoms with E-state index in [-0.39, 0.29) is 12.5 Å². The first-order valence-corrected chi connectivity index (χ1v) is 5.52. The largest absolute Gasteiger partial charge is 0.395 e. The van der Waals surface area contributed by atoms with Gasteiger partial charge in [-0.05, 0) is 17.7 Å². The fourth-order valence-corrected chi connectivity index (χ4v) is 1.45. The molecule has 1 N–H and O–H groups in total. The van der Waals surface area contributed by atoms with Crippen LogP contribution in [0, 0.1) is 0 Å². The number of amides is 1. The molecule has 1 aromatic carbocycles. The van der Waals surface area contributed by atoms with Crippen molar-refractivity contribution in [2.24, 2.45) is 0 Å². The molecule has 1 rings (SSSR count). The van der Waals surface area contributed by atoms with Crippen molar-refractivity contribution in [2.45, 2.75) is 6.42 Å². The quantitative estimate of drug-likeness (QED) is 0.901. The lowest BCUT2D eigenvalue weighted by Crippen LogP contribution is -2.30. The Morgan fingerprint density at radius 1 is 1.40 bits per heavy atom. The lowest BCUT2D eigenvalue weighted by molar-refractivity contribution is -0.129. The molecule has 0 aliphatic heterocycles. The molecule has 82 valence electrons. The van der Waals surface area contributed by atoms with Crippen molar-refractivity contribution in [1.29, 1.82) is 0 Å². The van der Waals surface area contributed by atoms with Gasteiger partial charge in [-0.1, -0.05) is 28.1 Å². The second kappa shape index (κ2) is 5.88. The van der Waals surface area contributed by atoms with Gasteiger partial charge >= 0.3 is 0 Å². The fraction of sp³-hybridized carbons (Fsp3) is 0.364. The molecular formula is C11H14BrNO2. The zero-order valence-corrected chi connectivity index (χ0v) is 10.2. The van der Waals surface area contributed by atoms with Gasteiger partial charge < -0.3 is 10.0 Å². The number of nitrogens with zero attached hydrogens (tertiary/aromatic N) is 1. The van der Waals surface area contributed by atoms with E-state index in [0.717, 1.165) is 10.0 Å². The maximum Gasteiger partial charge on any atom is 0.226 e. The lowest BCUT2D eigenvalue weighted by Gasteiger charge is -2.15. The minimum Gasteiger partial charge on any atom is -0.395 e. The third kappa shape index (κ3) is 4.01. The summed E-state index contributed by atoms with van der Waals surface area (Å²) in [5.74, 6) is 0.0198. The van der Waals surface area contributed by atoms with Gasteiger partial charge in [0.25, 0.3) is 0 Å². The molecule has 0 aliphatic rings.